The van der Waals surface area contributed by atoms with Crippen LogP contribution < -0.4 is 5.32 Å². The van der Waals surface area contributed by atoms with Crippen molar-refractivity contribution in [2.75, 3.05) is 6.54 Å². The summed E-state index contributed by atoms with van der Waals surface area (Å²) in [6, 6.07) is 5.10. The van der Waals surface area contributed by atoms with Gasteiger partial charge in [-0.25, -0.2) is 4.68 Å². The number of amides is 2. The maximum absolute atomic E-state index is 13.0. The zero-order chi connectivity index (χ0) is 20.8. The normalized spacial score (nSPS) is 25.7. The minimum atomic E-state index is -1.05. The summed E-state index contributed by atoms with van der Waals surface area (Å²) in [6.45, 7) is 2.58. The Balaban J connectivity index is 1.28. The molecule has 2 aromatic rings. The summed E-state index contributed by atoms with van der Waals surface area (Å²) in [7, 11) is 0. The minimum Gasteiger partial charge on any atom is -0.383 e. The molecular formula is C20H24N6O4. The Kier molecular flexibility index (Phi) is 4.75. The van der Waals surface area contributed by atoms with Crippen LogP contribution in [0.5, 0.6) is 0 Å². The van der Waals surface area contributed by atoms with Gasteiger partial charge in [0.1, 0.15) is 30.7 Å². The number of hydrogen-bond acceptors (Lipinski definition) is 7. The highest BCUT2D eigenvalue weighted by Gasteiger charge is 2.59. The molecule has 158 valence electrons. The molecule has 1 saturated carbocycles. The molecule has 2 N–H and O–H groups in total. The number of epoxide rings is 1. The molecule has 3 aliphatic rings. The van der Waals surface area contributed by atoms with Gasteiger partial charge >= 0.3 is 0 Å². The lowest BCUT2D eigenvalue weighted by atomic mass is 10.1. The molecule has 5 rings (SSSR count). The van der Waals surface area contributed by atoms with Crippen LogP contribution in [0.25, 0.3) is 5.69 Å². The molecule has 2 saturated heterocycles. The monoisotopic (exact) mass is 412 g/mol. The average Bonchev–Trinajstić information content (AvgIpc) is 3.60. The van der Waals surface area contributed by atoms with E-state index in [1.54, 1.807) is 4.68 Å². The number of aliphatic hydroxyl groups excluding tert-OH is 1. The number of likely N-dealkylation sites (tertiary alicyclic amines) is 1. The number of aliphatic hydroxyl groups is 1. The Hall–Kier alpha value is -2.85. The highest BCUT2D eigenvalue weighted by atomic mass is 16.6. The van der Waals surface area contributed by atoms with E-state index in [1.165, 1.54) is 11.2 Å². The Morgan fingerprint density at radius 1 is 1.37 bits per heavy atom. The van der Waals surface area contributed by atoms with Crippen molar-refractivity contribution in [3.8, 4) is 5.69 Å². The summed E-state index contributed by atoms with van der Waals surface area (Å²) in [5.74, 6) is -0.227. The fraction of sp³-hybridized carbons (Fsp3) is 0.550. The molecule has 4 atom stereocenters. The first kappa shape index (κ1) is 19.1. The number of rotatable bonds is 7. The number of morpholine rings is 1. The van der Waals surface area contributed by atoms with Crippen LogP contribution in [0.3, 0.4) is 0 Å². The number of carbonyl (C=O) groups is 2. The first-order valence-corrected chi connectivity index (χ1v) is 10.3. The lowest BCUT2D eigenvalue weighted by Crippen LogP contribution is -2.52. The molecule has 2 aliphatic heterocycles. The van der Waals surface area contributed by atoms with Gasteiger partial charge in [-0.05, 0) is 41.3 Å². The smallest absolute Gasteiger partial charge is 0.252 e. The van der Waals surface area contributed by atoms with Crippen molar-refractivity contribution < 1.29 is 19.4 Å². The van der Waals surface area contributed by atoms with Crippen molar-refractivity contribution in [3.63, 3.8) is 0 Å². The van der Waals surface area contributed by atoms with Gasteiger partial charge in [-0.3, -0.25) is 9.59 Å². The SMILES string of the molecule is Cc1ccc(-n2cnnn2)c(CNC(=O)C2[C@H]3O[C@H]3CN2C(=O)[C@H](O)CC2CC2)c1. The van der Waals surface area contributed by atoms with Crippen LogP contribution in [-0.4, -0.2) is 72.9 Å². The zero-order valence-corrected chi connectivity index (χ0v) is 16.6. The Labute approximate surface area is 173 Å². The van der Waals surface area contributed by atoms with Gasteiger partial charge in [-0.15, -0.1) is 5.10 Å². The van der Waals surface area contributed by atoms with Gasteiger partial charge in [0, 0.05) is 6.54 Å². The van der Waals surface area contributed by atoms with E-state index in [0.29, 0.717) is 18.9 Å². The van der Waals surface area contributed by atoms with Crippen molar-refractivity contribution in [3.05, 3.63) is 35.7 Å². The van der Waals surface area contributed by atoms with Gasteiger partial charge in [0.15, 0.2) is 0 Å². The summed E-state index contributed by atoms with van der Waals surface area (Å²) in [4.78, 5) is 27.2. The molecular weight excluding hydrogens is 388 g/mol. The van der Waals surface area contributed by atoms with E-state index in [1.807, 2.05) is 25.1 Å². The van der Waals surface area contributed by atoms with Crippen LogP contribution in [0.15, 0.2) is 24.5 Å². The number of carbonyl (C=O) groups excluding carboxylic acids is 2. The van der Waals surface area contributed by atoms with Gasteiger partial charge in [0.2, 0.25) is 5.91 Å². The van der Waals surface area contributed by atoms with Crippen molar-refractivity contribution >= 4 is 11.8 Å². The van der Waals surface area contributed by atoms with E-state index < -0.39 is 12.1 Å². The number of benzene rings is 1. The van der Waals surface area contributed by atoms with Gasteiger partial charge in [0.25, 0.3) is 5.91 Å². The molecule has 10 nitrogen and oxygen atoms in total. The van der Waals surface area contributed by atoms with Crippen molar-refractivity contribution in [2.24, 2.45) is 5.92 Å². The van der Waals surface area contributed by atoms with E-state index in [0.717, 1.165) is 29.7 Å². The topological polar surface area (TPSA) is 126 Å². The number of fused-ring (bicyclic) bond motifs is 1. The average molecular weight is 412 g/mol. The van der Waals surface area contributed by atoms with Gasteiger partial charge in [-0.1, -0.05) is 30.5 Å². The molecule has 3 heterocycles. The van der Waals surface area contributed by atoms with E-state index >= 15 is 0 Å². The second-order valence-electron chi connectivity index (χ2n) is 8.37. The summed E-state index contributed by atoms with van der Waals surface area (Å²) < 4.78 is 7.07. The van der Waals surface area contributed by atoms with Crippen LogP contribution >= 0.6 is 0 Å². The number of hydrogen-bond donors (Lipinski definition) is 2. The van der Waals surface area contributed by atoms with Crippen molar-refractivity contribution in [2.45, 2.75) is 57.1 Å². The molecule has 10 heteroatoms. The fourth-order valence-electron chi connectivity index (χ4n) is 4.18. The van der Waals surface area contributed by atoms with Crippen LogP contribution in [0.2, 0.25) is 0 Å². The predicted molar refractivity (Wildman–Crippen MR) is 103 cm³/mol. The number of aryl methyl sites for hydroxylation is 1. The highest BCUT2D eigenvalue weighted by Crippen LogP contribution is 2.38. The summed E-state index contributed by atoms with van der Waals surface area (Å²) >= 11 is 0. The Bertz CT molecular complexity index is 960. The van der Waals surface area contributed by atoms with Gasteiger partial charge in [0.05, 0.1) is 12.2 Å². The molecule has 1 aliphatic carbocycles. The molecule has 1 unspecified atom stereocenters. The summed E-state index contributed by atoms with van der Waals surface area (Å²) in [5.41, 5.74) is 2.67. The molecule has 3 fully saturated rings. The Morgan fingerprint density at radius 2 is 2.20 bits per heavy atom. The quantitative estimate of drug-likeness (QED) is 0.600. The van der Waals surface area contributed by atoms with Gasteiger partial charge in [-0.2, -0.15) is 0 Å². The summed E-state index contributed by atoms with van der Waals surface area (Å²) in [6.07, 6.45) is 2.63. The van der Waals surface area contributed by atoms with Crippen LogP contribution in [0, 0.1) is 12.8 Å². The number of tetrazole rings is 1. The van der Waals surface area contributed by atoms with Crippen LogP contribution in [-0.2, 0) is 20.9 Å². The molecule has 0 bridgehead atoms. The molecule has 2 amide bonds. The first-order valence-electron chi connectivity index (χ1n) is 10.3. The maximum Gasteiger partial charge on any atom is 0.252 e. The van der Waals surface area contributed by atoms with E-state index in [9.17, 15) is 14.7 Å². The minimum absolute atomic E-state index is 0.117. The second kappa shape index (κ2) is 7.44. The number of nitrogens with zero attached hydrogens (tertiary/aromatic N) is 5. The molecule has 1 aromatic heterocycles. The molecule has 0 spiro atoms. The third kappa shape index (κ3) is 3.68. The van der Waals surface area contributed by atoms with E-state index in [2.05, 4.69) is 20.8 Å². The largest absolute Gasteiger partial charge is 0.383 e. The van der Waals surface area contributed by atoms with Crippen LogP contribution in [0.4, 0.5) is 0 Å². The molecule has 0 radical (unpaired) electrons. The van der Waals surface area contributed by atoms with E-state index in [-0.39, 0.29) is 30.6 Å². The standard InChI is InChI=1S/C20H24N6O4/c1-11-2-5-14(26-10-22-23-24-26)13(6-11)8-21-19(28)17-18-16(30-18)9-25(17)20(29)15(27)7-12-3-4-12/h2,5-6,10,12,15-18,27H,3-4,7-9H2,1H3,(H,21,28)/t15-,16+,17?,18+/m1/s1. The molecule has 30 heavy (non-hydrogen) atoms. The maximum atomic E-state index is 13.0. The second-order valence-corrected chi connectivity index (χ2v) is 8.37. The predicted octanol–water partition coefficient (Wildman–Crippen LogP) is -0.274. The highest BCUT2D eigenvalue weighted by molar-refractivity contribution is 5.91. The van der Waals surface area contributed by atoms with Crippen LogP contribution in [0.1, 0.15) is 30.4 Å². The van der Waals surface area contributed by atoms with Crippen molar-refractivity contribution in [1.82, 2.24) is 30.4 Å². The number of aromatic nitrogens is 4. The van der Waals surface area contributed by atoms with Crippen molar-refractivity contribution in [1.29, 1.82) is 0 Å². The Morgan fingerprint density at radius 3 is 2.93 bits per heavy atom. The lowest BCUT2D eigenvalue weighted by molar-refractivity contribution is -0.148. The number of ether oxygens (including phenoxy) is 1. The first-order chi connectivity index (χ1) is 14.5. The third-order valence-corrected chi connectivity index (χ3v) is 6.02. The number of nitrogens with one attached hydrogen (secondary N) is 1. The molecule has 1 aromatic carbocycles. The fourth-order valence-corrected chi connectivity index (χ4v) is 4.18. The van der Waals surface area contributed by atoms with E-state index in [4.69, 9.17) is 4.74 Å². The summed E-state index contributed by atoms with van der Waals surface area (Å²) in [5, 5.41) is 24.5. The zero-order valence-electron chi connectivity index (χ0n) is 16.6. The van der Waals surface area contributed by atoms with Gasteiger partial charge < -0.3 is 20.1 Å². The third-order valence-electron chi connectivity index (χ3n) is 6.02. The lowest BCUT2D eigenvalue weighted by Gasteiger charge is -2.28.